The number of hydrogen-bond donors (Lipinski definition) is 1. The number of nitrogens with zero attached hydrogens (tertiary/aromatic N) is 2. The third-order valence-electron chi connectivity index (χ3n) is 2.36. The lowest BCUT2D eigenvalue weighted by Gasteiger charge is -2.08. The summed E-state index contributed by atoms with van der Waals surface area (Å²) in [4.78, 5) is 19.4. The smallest absolute Gasteiger partial charge is 0.339 e. The van der Waals surface area contributed by atoms with Crippen molar-refractivity contribution < 1.29 is 9.90 Å². The molecule has 0 saturated heterocycles. The highest BCUT2D eigenvalue weighted by Crippen LogP contribution is 2.28. The maximum Gasteiger partial charge on any atom is 0.339 e. The number of hydrogen-bond acceptors (Lipinski definition) is 3. The minimum absolute atomic E-state index is 0.00330. The van der Waals surface area contributed by atoms with Gasteiger partial charge in [0.05, 0.1) is 16.2 Å². The number of carboxylic acids is 1. The van der Waals surface area contributed by atoms with E-state index in [0.29, 0.717) is 23.1 Å². The SMILES string of the molecule is CCc1nc2ccc(Cl)nc2c(Cl)c1C(=O)O. The molecule has 2 aromatic rings. The molecule has 0 fully saturated rings. The number of aryl methyl sites for hydroxylation is 1. The fourth-order valence-electron chi connectivity index (χ4n) is 1.60. The van der Waals surface area contributed by atoms with Crippen molar-refractivity contribution in [3.8, 4) is 0 Å². The highest BCUT2D eigenvalue weighted by atomic mass is 35.5. The number of carboxylic acid groups (broad SMARTS) is 1. The van der Waals surface area contributed by atoms with Crippen molar-refractivity contribution in [3.63, 3.8) is 0 Å². The molecule has 0 aliphatic rings. The monoisotopic (exact) mass is 270 g/mol. The zero-order valence-corrected chi connectivity index (χ0v) is 10.4. The van der Waals surface area contributed by atoms with Gasteiger partial charge < -0.3 is 5.11 Å². The Hall–Kier alpha value is -1.39. The molecule has 88 valence electrons. The lowest BCUT2D eigenvalue weighted by Crippen LogP contribution is -2.06. The van der Waals surface area contributed by atoms with E-state index in [-0.39, 0.29) is 15.7 Å². The Morgan fingerprint density at radius 1 is 1.35 bits per heavy atom. The van der Waals surface area contributed by atoms with Gasteiger partial charge in [-0.2, -0.15) is 0 Å². The molecule has 1 N–H and O–H groups in total. The van der Waals surface area contributed by atoms with E-state index in [4.69, 9.17) is 28.3 Å². The van der Waals surface area contributed by atoms with Gasteiger partial charge in [-0.25, -0.2) is 9.78 Å². The van der Waals surface area contributed by atoms with E-state index in [0.717, 1.165) is 0 Å². The quantitative estimate of drug-likeness (QED) is 0.852. The first-order valence-electron chi connectivity index (χ1n) is 4.92. The first kappa shape index (κ1) is 12.1. The van der Waals surface area contributed by atoms with E-state index in [2.05, 4.69) is 9.97 Å². The van der Waals surface area contributed by atoms with Crippen molar-refractivity contribution in [2.75, 3.05) is 0 Å². The number of carbonyl (C=O) groups is 1. The van der Waals surface area contributed by atoms with Crippen LogP contribution in [0, 0.1) is 0 Å². The van der Waals surface area contributed by atoms with Gasteiger partial charge in [0.2, 0.25) is 0 Å². The first-order chi connectivity index (χ1) is 8.04. The van der Waals surface area contributed by atoms with Gasteiger partial charge in [0.1, 0.15) is 16.2 Å². The van der Waals surface area contributed by atoms with Crippen LogP contribution in [0.3, 0.4) is 0 Å². The number of pyridine rings is 2. The molecule has 0 atom stereocenters. The van der Waals surface area contributed by atoms with Gasteiger partial charge in [0.15, 0.2) is 0 Å². The molecule has 0 aliphatic heterocycles. The fourth-order valence-corrected chi connectivity index (χ4v) is 2.08. The van der Waals surface area contributed by atoms with Crippen molar-refractivity contribution >= 4 is 40.2 Å². The molecule has 2 rings (SSSR count). The summed E-state index contributed by atoms with van der Waals surface area (Å²) in [5, 5.41) is 9.46. The second-order valence-corrected chi connectivity index (χ2v) is 4.17. The molecule has 0 spiro atoms. The Bertz CT molecular complexity index is 614. The van der Waals surface area contributed by atoms with Crippen LogP contribution in [0.25, 0.3) is 11.0 Å². The predicted octanol–water partition coefficient (Wildman–Crippen LogP) is 3.20. The Kier molecular flexibility index (Phi) is 3.17. The Balaban J connectivity index is 2.88. The third-order valence-corrected chi connectivity index (χ3v) is 2.94. The van der Waals surface area contributed by atoms with Crippen molar-refractivity contribution in [3.05, 3.63) is 33.6 Å². The molecule has 0 amide bonds. The van der Waals surface area contributed by atoms with Crippen molar-refractivity contribution in [1.29, 1.82) is 0 Å². The predicted molar refractivity (Wildman–Crippen MR) is 65.9 cm³/mol. The van der Waals surface area contributed by atoms with Gasteiger partial charge in [0.25, 0.3) is 0 Å². The van der Waals surface area contributed by atoms with Gasteiger partial charge >= 0.3 is 5.97 Å². The zero-order chi connectivity index (χ0) is 12.6. The fraction of sp³-hybridized carbons (Fsp3) is 0.182. The number of aromatic nitrogens is 2. The summed E-state index contributed by atoms with van der Waals surface area (Å²) >= 11 is 11.8. The molecule has 2 heterocycles. The van der Waals surface area contributed by atoms with Gasteiger partial charge in [-0.05, 0) is 18.6 Å². The van der Waals surface area contributed by atoms with Crippen LogP contribution in [0.1, 0.15) is 23.0 Å². The van der Waals surface area contributed by atoms with Crippen LogP contribution >= 0.6 is 23.2 Å². The summed E-state index contributed by atoms with van der Waals surface area (Å²) in [7, 11) is 0. The molecule has 0 radical (unpaired) electrons. The van der Waals surface area contributed by atoms with Crippen molar-refractivity contribution in [2.24, 2.45) is 0 Å². The highest BCUT2D eigenvalue weighted by molar-refractivity contribution is 6.38. The standard InChI is InChI=1S/C11H8Cl2N2O2/c1-2-5-8(11(16)17)9(13)10-6(14-5)3-4-7(12)15-10/h3-4H,2H2,1H3,(H,16,17). The van der Waals surface area contributed by atoms with Crippen LogP contribution in [-0.4, -0.2) is 21.0 Å². The average Bonchev–Trinajstić information content (AvgIpc) is 2.29. The summed E-state index contributed by atoms with van der Waals surface area (Å²) in [5.41, 5.74) is 1.30. The van der Waals surface area contributed by atoms with Crippen LogP contribution in [0.5, 0.6) is 0 Å². The second kappa shape index (κ2) is 4.47. The van der Waals surface area contributed by atoms with E-state index < -0.39 is 5.97 Å². The molecule has 0 aromatic carbocycles. The van der Waals surface area contributed by atoms with Gasteiger partial charge in [-0.15, -0.1) is 0 Å². The summed E-state index contributed by atoms with van der Waals surface area (Å²) in [6.07, 6.45) is 0.486. The third kappa shape index (κ3) is 2.06. The first-order valence-corrected chi connectivity index (χ1v) is 5.68. The summed E-state index contributed by atoms with van der Waals surface area (Å²) < 4.78 is 0. The van der Waals surface area contributed by atoms with Crippen LogP contribution in [-0.2, 0) is 6.42 Å². The summed E-state index contributed by atoms with van der Waals surface area (Å²) in [5.74, 6) is -1.11. The maximum absolute atomic E-state index is 11.1. The normalized spacial score (nSPS) is 10.8. The topological polar surface area (TPSA) is 63.1 Å². The molecule has 0 unspecified atom stereocenters. The van der Waals surface area contributed by atoms with Crippen LogP contribution in [0.15, 0.2) is 12.1 Å². The van der Waals surface area contributed by atoms with E-state index in [1.54, 1.807) is 12.1 Å². The molecule has 0 aliphatic carbocycles. The molecule has 0 saturated carbocycles. The van der Waals surface area contributed by atoms with E-state index >= 15 is 0 Å². The van der Waals surface area contributed by atoms with Gasteiger partial charge in [0, 0.05) is 0 Å². The largest absolute Gasteiger partial charge is 0.478 e. The molecule has 4 nitrogen and oxygen atoms in total. The average molecular weight is 271 g/mol. The minimum Gasteiger partial charge on any atom is -0.478 e. The number of fused-ring (bicyclic) bond motifs is 1. The van der Waals surface area contributed by atoms with Crippen molar-refractivity contribution in [2.45, 2.75) is 13.3 Å². The lowest BCUT2D eigenvalue weighted by atomic mass is 10.1. The number of halogens is 2. The van der Waals surface area contributed by atoms with E-state index in [1.165, 1.54) is 0 Å². The molecule has 6 heteroatoms. The number of rotatable bonds is 2. The molecular formula is C11H8Cl2N2O2. The summed E-state index contributed by atoms with van der Waals surface area (Å²) in [6, 6.07) is 3.26. The Labute approximate surface area is 107 Å². The molecule has 2 aromatic heterocycles. The van der Waals surface area contributed by atoms with Gasteiger partial charge in [-0.1, -0.05) is 30.1 Å². The number of aromatic carboxylic acids is 1. The van der Waals surface area contributed by atoms with Crippen LogP contribution in [0.2, 0.25) is 10.2 Å². The van der Waals surface area contributed by atoms with E-state index in [9.17, 15) is 4.79 Å². The zero-order valence-electron chi connectivity index (χ0n) is 8.87. The van der Waals surface area contributed by atoms with E-state index in [1.807, 2.05) is 6.92 Å². The highest BCUT2D eigenvalue weighted by Gasteiger charge is 2.19. The summed E-state index contributed by atoms with van der Waals surface area (Å²) in [6.45, 7) is 1.82. The molecule has 0 bridgehead atoms. The lowest BCUT2D eigenvalue weighted by molar-refractivity contribution is 0.0695. The van der Waals surface area contributed by atoms with Gasteiger partial charge in [-0.3, -0.25) is 4.98 Å². The maximum atomic E-state index is 11.1. The van der Waals surface area contributed by atoms with Crippen LogP contribution in [0.4, 0.5) is 0 Å². The Morgan fingerprint density at radius 3 is 2.65 bits per heavy atom. The molecule has 17 heavy (non-hydrogen) atoms. The van der Waals surface area contributed by atoms with Crippen LogP contribution < -0.4 is 0 Å². The second-order valence-electron chi connectivity index (χ2n) is 3.41. The minimum atomic E-state index is -1.11. The van der Waals surface area contributed by atoms with Crippen molar-refractivity contribution in [1.82, 2.24) is 9.97 Å². The Morgan fingerprint density at radius 2 is 2.06 bits per heavy atom. The molecular weight excluding hydrogens is 263 g/mol.